The maximum Gasteiger partial charge on any atom is 0.256 e. The van der Waals surface area contributed by atoms with Crippen LogP contribution in [0.4, 0.5) is 4.39 Å². The summed E-state index contributed by atoms with van der Waals surface area (Å²) >= 11 is 0. The molecule has 0 radical (unpaired) electrons. The molecule has 0 aromatic heterocycles. The number of benzene rings is 1. The van der Waals surface area contributed by atoms with Crippen LogP contribution in [0.2, 0.25) is 0 Å². The summed E-state index contributed by atoms with van der Waals surface area (Å²) in [5.74, 6) is -0.608. The second-order valence-corrected chi connectivity index (χ2v) is 5.46. The maximum atomic E-state index is 13.7. The van der Waals surface area contributed by atoms with Gasteiger partial charge in [0.25, 0.3) is 5.91 Å². The van der Waals surface area contributed by atoms with Gasteiger partial charge in [-0.2, -0.15) is 0 Å². The molecule has 2 fully saturated rings. The number of rotatable bonds is 2. The van der Waals surface area contributed by atoms with Crippen LogP contribution in [0.25, 0.3) is 0 Å². The average Bonchev–Trinajstić information content (AvgIpc) is 2.98. The molecule has 2 saturated heterocycles. The zero-order valence-electron chi connectivity index (χ0n) is 11.5. The van der Waals surface area contributed by atoms with Crippen molar-refractivity contribution in [3.05, 3.63) is 35.6 Å². The first kappa shape index (κ1) is 13.5. The van der Waals surface area contributed by atoms with Crippen LogP contribution in [0.3, 0.4) is 0 Å². The Morgan fingerprint density at radius 3 is 2.70 bits per heavy atom. The van der Waals surface area contributed by atoms with E-state index < -0.39 is 5.82 Å². The van der Waals surface area contributed by atoms with Gasteiger partial charge in [0.05, 0.1) is 5.56 Å². The first-order valence-electron chi connectivity index (χ1n) is 7.24. The summed E-state index contributed by atoms with van der Waals surface area (Å²) in [6.45, 7) is 5.53. The summed E-state index contributed by atoms with van der Waals surface area (Å²) in [4.78, 5) is 16.6. The molecule has 0 aliphatic carbocycles. The van der Waals surface area contributed by atoms with E-state index in [4.69, 9.17) is 0 Å². The van der Waals surface area contributed by atoms with E-state index in [0.717, 1.165) is 39.1 Å². The van der Waals surface area contributed by atoms with Crippen molar-refractivity contribution in [1.29, 1.82) is 0 Å². The van der Waals surface area contributed by atoms with Gasteiger partial charge in [-0.05, 0) is 18.6 Å². The number of hydrogen-bond donors (Lipinski definition) is 1. The third kappa shape index (κ3) is 2.69. The minimum atomic E-state index is -0.428. The van der Waals surface area contributed by atoms with E-state index >= 15 is 0 Å². The van der Waals surface area contributed by atoms with Crippen LogP contribution in [0.15, 0.2) is 24.3 Å². The molecule has 2 aliphatic rings. The second-order valence-electron chi connectivity index (χ2n) is 5.46. The molecular formula is C15H20FN3O. The SMILES string of the molecule is O=C(c1ccccc1F)N1CCC(N2CCNCC2)C1. The Kier molecular flexibility index (Phi) is 3.98. The Hall–Kier alpha value is -1.46. The summed E-state index contributed by atoms with van der Waals surface area (Å²) in [7, 11) is 0. The number of nitrogens with zero attached hydrogens (tertiary/aromatic N) is 2. The molecule has 4 nitrogen and oxygen atoms in total. The molecule has 1 N–H and O–H groups in total. The van der Waals surface area contributed by atoms with Crippen molar-refractivity contribution in [2.45, 2.75) is 12.5 Å². The van der Waals surface area contributed by atoms with E-state index in [1.54, 1.807) is 23.1 Å². The first-order valence-corrected chi connectivity index (χ1v) is 7.24. The third-order valence-corrected chi connectivity index (χ3v) is 4.22. The molecule has 2 heterocycles. The van der Waals surface area contributed by atoms with Gasteiger partial charge in [-0.1, -0.05) is 12.1 Å². The maximum absolute atomic E-state index is 13.7. The monoisotopic (exact) mass is 277 g/mol. The lowest BCUT2D eigenvalue weighted by atomic mass is 10.2. The summed E-state index contributed by atoms with van der Waals surface area (Å²) < 4.78 is 13.7. The Bertz CT molecular complexity index is 488. The van der Waals surface area contributed by atoms with Gasteiger partial charge in [0.2, 0.25) is 0 Å². The fourth-order valence-corrected chi connectivity index (χ4v) is 3.08. The highest BCUT2D eigenvalue weighted by atomic mass is 19.1. The van der Waals surface area contributed by atoms with E-state index in [1.807, 2.05) is 0 Å². The number of piperazine rings is 1. The molecule has 1 aromatic rings. The van der Waals surface area contributed by atoms with Crippen molar-refractivity contribution in [3.8, 4) is 0 Å². The van der Waals surface area contributed by atoms with E-state index in [0.29, 0.717) is 12.6 Å². The van der Waals surface area contributed by atoms with E-state index in [2.05, 4.69) is 10.2 Å². The van der Waals surface area contributed by atoms with Crippen molar-refractivity contribution in [3.63, 3.8) is 0 Å². The largest absolute Gasteiger partial charge is 0.337 e. The fraction of sp³-hybridized carbons (Fsp3) is 0.533. The Morgan fingerprint density at radius 1 is 1.20 bits per heavy atom. The molecule has 1 atom stereocenters. The Morgan fingerprint density at radius 2 is 1.95 bits per heavy atom. The lowest BCUT2D eigenvalue weighted by Crippen LogP contribution is -2.49. The number of likely N-dealkylation sites (tertiary alicyclic amines) is 1. The summed E-state index contributed by atoms with van der Waals surface area (Å²) in [6.07, 6.45) is 0.986. The fourth-order valence-electron chi connectivity index (χ4n) is 3.08. The molecule has 0 bridgehead atoms. The minimum absolute atomic E-state index is 0.180. The second kappa shape index (κ2) is 5.89. The molecule has 1 unspecified atom stereocenters. The highest BCUT2D eigenvalue weighted by Gasteiger charge is 2.31. The molecule has 3 rings (SSSR count). The number of hydrogen-bond acceptors (Lipinski definition) is 3. The van der Waals surface area contributed by atoms with Gasteiger partial charge < -0.3 is 10.2 Å². The van der Waals surface area contributed by atoms with Gasteiger partial charge in [-0.25, -0.2) is 4.39 Å². The molecule has 1 aromatic carbocycles. The Labute approximate surface area is 118 Å². The highest BCUT2D eigenvalue weighted by Crippen LogP contribution is 2.19. The van der Waals surface area contributed by atoms with Crippen LogP contribution in [0.5, 0.6) is 0 Å². The van der Waals surface area contributed by atoms with Gasteiger partial charge in [-0.3, -0.25) is 9.69 Å². The minimum Gasteiger partial charge on any atom is -0.337 e. The quantitative estimate of drug-likeness (QED) is 0.874. The molecule has 20 heavy (non-hydrogen) atoms. The van der Waals surface area contributed by atoms with Gasteiger partial charge >= 0.3 is 0 Å². The number of amides is 1. The lowest BCUT2D eigenvalue weighted by Gasteiger charge is -2.32. The summed E-state index contributed by atoms with van der Waals surface area (Å²) in [5, 5.41) is 3.33. The number of carbonyl (C=O) groups excluding carboxylic acids is 1. The van der Waals surface area contributed by atoms with Crippen LogP contribution < -0.4 is 5.32 Å². The molecule has 1 amide bonds. The van der Waals surface area contributed by atoms with Crippen LogP contribution in [-0.2, 0) is 0 Å². The van der Waals surface area contributed by atoms with Crippen molar-refractivity contribution < 1.29 is 9.18 Å². The van der Waals surface area contributed by atoms with Crippen molar-refractivity contribution in [2.24, 2.45) is 0 Å². The molecule has 2 aliphatic heterocycles. The number of nitrogens with one attached hydrogen (secondary N) is 1. The molecule has 0 saturated carbocycles. The average molecular weight is 277 g/mol. The smallest absolute Gasteiger partial charge is 0.256 e. The topological polar surface area (TPSA) is 35.6 Å². The van der Waals surface area contributed by atoms with Crippen LogP contribution >= 0.6 is 0 Å². The third-order valence-electron chi connectivity index (χ3n) is 4.22. The van der Waals surface area contributed by atoms with Gasteiger partial charge in [0, 0.05) is 45.3 Å². The van der Waals surface area contributed by atoms with Crippen LogP contribution in [0, 0.1) is 5.82 Å². The Balaban J connectivity index is 1.65. The van der Waals surface area contributed by atoms with Crippen molar-refractivity contribution in [2.75, 3.05) is 39.3 Å². The standard InChI is InChI=1S/C15H20FN3O/c16-14-4-2-1-3-13(14)15(20)19-8-5-12(11-19)18-9-6-17-7-10-18/h1-4,12,17H,5-11H2. The van der Waals surface area contributed by atoms with Crippen molar-refractivity contribution in [1.82, 2.24) is 15.1 Å². The zero-order chi connectivity index (χ0) is 13.9. The van der Waals surface area contributed by atoms with E-state index in [-0.39, 0.29) is 11.5 Å². The van der Waals surface area contributed by atoms with Crippen LogP contribution in [-0.4, -0.2) is 61.0 Å². The van der Waals surface area contributed by atoms with Gasteiger partial charge in [0.15, 0.2) is 0 Å². The first-order chi connectivity index (χ1) is 9.75. The van der Waals surface area contributed by atoms with Crippen molar-refractivity contribution >= 4 is 5.91 Å². The molecular weight excluding hydrogens is 257 g/mol. The van der Waals surface area contributed by atoms with Crippen LogP contribution in [0.1, 0.15) is 16.8 Å². The predicted molar refractivity (Wildman–Crippen MR) is 75.2 cm³/mol. The van der Waals surface area contributed by atoms with E-state index in [1.165, 1.54) is 6.07 Å². The number of halogens is 1. The van der Waals surface area contributed by atoms with Gasteiger partial charge in [-0.15, -0.1) is 0 Å². The zero-order valence-corrected chi connectivity index (χ0v) is 11.5. The summed E-state index contributed by atoms with van der Waals surface area (Å²) in [6, 6.07) is 6.65. The summed E-state index contributed by atoms with van der Waals surface area (Å²) in [5.41, 5.74) is 0.188. The normalized spacial score (nSPS) is 24.1. The lowest BCUT2D eigenvalue weighted by molar-refractivity contribution is 0.0769. The highest BCUT2D eigenvalue weighted by molar-refractivity contribution is 5.94. The molecule has 0 spiro atoms. The van der Waals surface area contributed by atoms with Gasteiger partial charge in [0.1, 0.15) is 5.82 Å². The predicted octanol–water partition coefficient (Wildman–Crippen LogP) is 0.945. The molecule has 108 valence electrons. The molecule has 5 heteroatoms. The number of carbonyl (C=O) groups is 1. The van der Waals surface area contributed by atoms with E-state index in [9.17, 15) is 9.18 Å².